The van der Waals surface area contributed by atoms with Crippen molar-refractivity contribution in [1.29, 1.82) is 0 Å². The van der Waals surface area contributed by atoms with Crippen molar-refractivity contribution in [2.45, 2.75) is 6.92 Å². The number of nitrogens with one attached hydrogen (secondary N) is 1. The van der Waals surface area contributed by atoms with Crippen molar-refractivity contribution in [3.05, 3.63) is 23.8 Å². The highest BCUT2D eigenvalue weighted by Gasteiger charge is 2.00. The van der Waals surface area contributed by atoms with Crippen LogP contribution in [0.5, 0.6) is 0 Å². The summed E-state index contributed by atoms with van der Waals surface area (Å²) >= 11 is 0. The van der Waals surface area contributed by atoms with Gasteiger partial charge in [-0.1, -0.05) is 12.1 Å². The number of nitrogens with two attached hydrogens (primary N) is 1. The van der Waals surface area contributed by atoms with Gasteiger partial charge in [0, 0.05) is 13.7 Å². The molecule has 90 valence electrons. The number of aryl methyl sites for hydroxylation is 1. The van der Waals surface area contributed by atoms with Crippen molar-refractivity contribution in [2.24, 2.45) is 0 Å². The zero-order valence-corrected chi connectivity index (χ0v) is 9.95. The summed E-state index contributed by atoms with van der Waals surface area (Å²) in [5.41, 5.74) is 8.78. The van der Waals surface area contributed by atoms with Crippen molar-refractivity contribution in [3.8, 4) is 0 Å². The highest BCUT2D eigenvalue weighted by atomic mass is 16.5. The molecule has 0 atom stereocenters. The van der Waals surface area contributed by atoms with E-state index in [2.05, 4.69) is 5.32 Å². The van der Waals surface area contributed by atoms with Crippen molar-refractivity contribution in [2.75, 3.05) is 44.5 Å². The standard InChI is InChI=1S/C12H20N2O2/c1-10-4-3-5-11(13)12(10)14-6-7-16-9-8-15-2/h3-5,14H,6-9,13H2,1-2H3. The Hall–Kier alpha value is -1.26. The highest BCUT2D eigenvalue weighted by molar-refractivity contribution is 5.69. The topological polar surface area (TPSA) is 56.5 Å². The summed E-state index contributed by atoms with van der Waals surface area (Å²) in [5.74, 6) is 0. The first-order valence-electron chi connectivity index (χ1n) is 5.41. The molecule has 0 aliphatic rings. The summed E-state index contributed by atoms with van der Waals surface area (Å²) in [6.07, 6.45) is 0. The first-order chi connectivity index (χ1) is 7.75. The van der Waals surface area contributed by atoms with Crippen LogP contribution in [0.2, 0.25) is 0 Å². The van der Waals surface area contributed by atoms with Crippen molar-refractivity contribution in [3.63, 3.8) is 0 Å². The van der Waals surface area contributed by atoms with E-state index in [1.807, 2.05) is 25.1 Å². The van der Waals surface area contributed by atoms with Crippen LogP contribution in [-0.2, 0) is 9.47 Å². The van der Waals surface area contributed by atoms with Crippen LogP contribution >= 0.6 is 0 Å². The summed E-state index contributed by atoms with van der Waals surface area (Å²) in [7, 11) is 1.66. The molecule has 0 spiro atoms. The summed E-state index contributed by atoms with van der Waals surface area (Å²) in [6, 6.07) is 5.87. The van der Waals surface area contributed by atoms with E-state index in [-0.39, 0.29) is 0 Å². The second-order valence-corrected chi connectivity index (χ2v) is 3.57. The van der Waals surface area contributed by atoms with Crippen LogP contribution in [0.1, 0.15) is 5.56 Å². The largest absolute Gasteiger partial charge is 0.397 e. The molecule has 1 rings (SSSR count). The van der Waals surface area contributed by atoms with Crippen LogP contribution in [0.15, 0.2) is 18.2 Å². The number of hydrogen-bond acceptors (Lipinski definition) is 4. The molecule has 0 saturated heterocycles. The molecule has 0 aliphatic heterocycles. The Morgan fingerprint density at radius 1 is 1.25 bits per heavy atom. The fourth-order valence-corrected chi connectivity index (χ4v) is 1.42. The van der Waals surface area contributed by atoms with E-state index in [1.165, 1.54) is 0 Å². The Labute approximate surface area is 96.7 Å². The maximum absolute atomic E-state index is 5.86. The lowest BCUT2D eigenvalue weighted by Crippen LogP contribution is -2.13. The van der Waals surface area contributed by atoms with E-state index in [1.54, 1.807) is 7.11 Å². The molecule has 0 fully saturated rings. The SMILES string of the molecule is COCCOCCNc1c(C)cccc1N. The van der Waals surface area contributed by atoms with E-state index in [0.29, 0.717) is 19.8 Å². The van der Waals surface area contributed by atoms with E-state index in [4.69, 9.17) is 15.2 Å². The second kappa shape index (κ2) is 7.09. The summed E-state index contributed by atoms with van der Waals surface area (Å²) in [5, 5.41) is 3.27. The van der Waals surface area contributed by atoms with Crippen molar-refractivity contribution < 1.29 is 9.47 Å². The summed E-state index contributed by atoms with van der Waals surface area (Å²) in [4.78, 5) is 0. The quantitative estimate of drug-likeness (QED) is 0.546. The molecule has 0 heterocycles. The fourth-order valence-electron chi connectivity index (χ4n) is 1.42. The van der Waals surface area contributed by atoms with Crippen molar-refractivity contribution in [1.82, 2.24) is 0 Å². The third-order valence-corrected chi connectivity index (χ3v) is 2.28. The molecule has 16 heavy (non-hydrogen) atoms. The smallest absolute Gasteiger partial charge is 0.0701 e. The molecule has 4 nitrogen and oxygen atoms in total. The fraction of sp³-hybridized carbons (Fsp3) is 0.500. The number of benzene rings is 1. The molecule has 0 aromatic heterocycles. The van der Waals surface area contributed by atoms with Crippen LogP contribution in [0.3, 0.4) is 0 Å². The van der Waals surface area contributed by atoms with Gasteiger partial charge in [0.05, 0.1) is 31.2 Å². The minimum absolute atomic E-state index is 0.626. The van der Waals surface area contributed by atoms with Gasteiger partial charge in [0.25, 0.3) is 0 Å². The Balaban J connectivity index is 2.26. The van der Waals surface area contributed by atoms with E-state index >= 15 is 0 Å². The zero-order chi connectivity index (χ0) is 11.8. The van der Waals surface area contributed by atoms with Gasteiger partial charge in [-0.3, -0.25) is 0 Å². The van der Waals surface area contributed by atoms with Crippen LogP contribution in [0.25, 0.3) is 0 Å². The van der Waals surface area contributed by atoms with Gasteiger partial charge in [-0.15, -0.1) is 0 Å². The van der Waals surface area contributed by atoms with Crippen LogP contribution < -0.4 is 11.1 Å². The van der Waals surface area contributed by atoms with E-state index in [9.17, 15) is 0 Å². The summed E-state index contributed by atoms with van der Waals surface area (Å²) in [6.45, 7) is 4.69. The second-order valence-electron chi connectivity index (χ2n) is 3.57. The van der Waals surface area contributed by atoms with Gasteiger partial charge in [0.1, 0.15) is 0 Å². The van der Waals surface area contributed by atoms with Crippen LogP contribution in [0.4, 0.5) is 11.4 Å². The number of ether oxygens (including phenoxy) is 2. The Morgan fingerprint density at radius 2 is 2.06 bits per heavy atom. The van der Waals surface area contributed by atoms with Gasteiger partial charge in [0.15, 0.2) is 0 Å². The van der Waals surface area contributed by atoms with Gasteiger partial charge in [0.2, 0.25) is 0 Å². The number of rotatable bonds is 7. The third-order valence-electron chi connectivity index (χ3n) is 2.28. The number of methoxy groups -OCH3 is 1. The molecule has 1 aromatic rings. The van der Waals surface area contributed by atoms with Crippen molar-refractivity contribution >= 4 is 11.4 Å². The third kappa shape index (κ3) is 4.08. The summed E-state index contributed by atoms with van der Waals surface area (Å²) < 4.78 is 10.2. The van der Waals surface area contributed by atoms with E-state index in [0.717, 1.165) is 23.5 Å². The molecule has 0 radical (unpaired) electrons. The Morgan fingerprint density at radius 3 is 2.75 bits per heavy atom. The lowest BCUT2D eigenvalue weighted by Gasteiger charge is -2.12. The van der Waals surface area contributed by atoms with Gasteiger partial charge >= 0.3 is 0 Å². The molecular weight excluding hydrogens is 204 g/mol. The number of nitrogen functional groups attached to an aromatic ring is 1. The van der Waals surface area contributed by atoms with Gasteiger partial charge in [-0.25, -0.2) is 0 Å². The Bertz CT molecular complexity index is 296. The number of para-hydroxylation sites is 1. The first kappa shape index (κ1) is 12.8. The minimum Gasteiger partial charge on any atom is -0.397 e. The average molecular weight is 224 g/mol. The molecule has 0 unspecified atom stereocenters. The lowest BCUT2D eigenvalue weighted by atomic mass is 10.1. The average Bonchev–Trinajstić information content (AvgIpc) is 2.26. The highest BCUT2D eigenvalue weighted by Crippen LogP contribution is 2.21. The molecule has 4 heteroatoms. The monoisotopic (exact) mass is 224 g/mol. The predicted molar refractivity (Wildman–Crippen MR) is 66.8 cm³/mol. The molecular formula is C12H20N2O2. The zero-order valence-electron chi connectivity index (χ0n) is 9.95. The normalized spacial score (nSPS) is 10.4. The predicted octanol–water partition coefficient (Wildman–Crippen LogP) is 1.65. The molecule has 0 bridgehead atoms. The van der Waals surface area contributed by atoms with Crippen LogP contribution in [0, 0.1) is 6.92 Å². The number of anilines is 2. The van der Waals surface area contributed by atoms with Gasteiger partial charge in [-0.2, -0.15) is 0 Å². The van der Waals surface area contributed by atoms with Gasteiger partial charge < -0.3 is 20.5 Å². The lowest BCUT2D eigenvalue weighted by molar-refractivity contribution is 0.0759. The molecule has 1 aromatic carbocycles. The van der Waals surface area contributed by atoms with E-state index < -0.39 is 0 Å². The molecule has 0 amide bonds. The van der Waals surface area contributed by atoms with Gasteiger partial charge in [-0.05, 0) is 18.6 Å². The Kier molecular flexibility index (Phi) is 5.67. The molecule has 0 aliphatic carbocycles. The molecule has 3 N–H and O–H groups in total. The molecule has 0 saturated carbocycles. The maximum atomic E-state index is 5.86. The van der Waals surface area contributed by atoms with Crippen LogP contribution in [-0.4, -0.2) is 33.5 Å². The maximum Gasteiger partial charge on any atom is 0.0701 e. The minimum atomic E-state index is 0.626. The number of hydrogen-bond donors (Lipinski definition) is 2. The first-order valence-corrected chi connectivity index (χ1v) is 5.41.